The number of aliphatic hydroxyl groups is 1. The summed E-state index contributed by atoms with van der Waals surface area (Å²) in [5, 5.41) is 9.00. The van der Waals surface area contributed by atoms with Crippen LogP contribution in [0.25, 0.3) is 0 Å². The Balaban J connectivity index is 2.88. The fraction of sp³-hybridized carbons (Fsp3) is 0.500. The topological polar surface area (TPSA) is 36.4 Å². The third-order valence-electron chi connectivity index (χ3n) is 2.30. The average molecular weight is 180 g/mol. The molecule has 3 heteroatoms. The summed E-state index contributed by atoms with van der Waals surface area (Å²) in [4.78, 5) is 6.08. The Kier molecular flexibility index (Phi) is 3.25. The van der Waals surface area contributed by atoms with E-state index in [-0.39, 0.29) is 12.6 Å². The highest BCUT2D eigenvalue weighted by Crippen LogP contribution is 2.18. The van der Waals surface area contributed by atoms with Crippen LogP contribution in [-0.2, 0) is 0 Å². The zero-order chi connectivity index (χ0) is 9.84. The van der Waals surface area contributed by atoms with Crippen molar-refractivity contribution in [3.05, 3.63) is 24.0 Å². The molecule has 72 valence electrons. The van der Waals surface area contributed by atoms with Crippen molar-refractivity contribution < 1.29 is 5.11 Å². The molecule has 1 aromatic rings. The summed E-state index contributed by atoms with van der Waals surface area (Å²) < 4.78 is 0. The van der Waals surface area contributed by atoms with Crippen molar-refractivity contribution in [2.24, 2.45) is 0 Å². The van der Waals surface area contributed by atoms with Crippen LogP contribution < -0.4 is 4.90 Å². The molecule has 1 unspecified atom stereocenters. The van der Waals surface area contributed by atoms with Gasteiger partial charge < -0.3 is 10.0 Å². The van der Waals surface area contributed by atoms with Gasteiger partial charge in [-0.2, -0.15) is 0 Å². The standard InChI is InChI=1S/C10H16N2O/c1-8-6-11-5-4-10(8)12(3)9(2)7-13/h4-6,9,13H,7H2,1-3H3. The Morgan fingerprint density at radius 1 is 1.62 bits per heavy atom. The van der Waals surface area contributed by atoms with E-state index in [4.69, 9.17) is 5.11 Å². The normalized spacial score (nSPS) is 12.6. The lowest BCUT2D eigenvalue weighted by Gasteiger charge is -2.26. The minimum Gasteiger partial charge on any atom is -0.394 e. The van der Waals surface area contributed by atoms with Gasteiger partial charge in [-0.15, -0.1) is 0 Å². The first-order valence-electron chi connectivity index (χ1n) is 4.41. The molecular formula is C10H16N2O. The molecule has 0 aliphatic rings. The van der Waals surface area contributed by atoms with Crippen LogP contribution in [0.1, 0.15) is 12.5 Å². The lowest BCUT2D eigenvalue weighted by atomic mass is 10.2. The minimum atomic E-state index is 0.140. The summed E-state index contributed by atoms with van der Waals surface area (Å²) in [7, 11) is 1.98. The van der Waals surface area contributed by atoms with E-state index in [9.17, 15) is 0 Å². The van der Waals surface area contributed by atoms with Crippen LogP contribution in [0.4, 0.5) is 5.69 Å². The van der Waals surface area contributed by atoms with E-state index in [1.54, 1.807) is 6.20 Å². The van der Waals surface area contributed by atoms with Gasteiger partial charge in [-0.3, -0.25) is 4.98 Å². The van der Waals surface area contributed by atoms with Crippen LogP contribution in [-0.4, -0.2) is 29.8 Å². The molecule has 0 fully saturated rings. The molecule has 1 heterocycles. The molecule has 3 nitrogen and oxygen atoms in total. The number of nitrogens with zero attached hydrogens (tertiary/aromatic N) is 2. The Morgan fingerprint density at radius 2 is 2.31 bits per heavy atom. The molecule has 0 amide bonds. The van der Waals surface area contributed by atoms with E-state index in [1.807, 2.05) is 33.2 Å². The molecule has 0 aliphatic heterocycles. The SMILES string of the molecule is Cc1cnccc1N(C)C(C)CO. The predicted molar refractivity (Wildman–Crippen MR) is 53.9 cm³/mol. The van der Waals surface area contributed by atoms with E-state index < -0.39 is 0 Å². The lowest BCUT2D eigenvalue weighted by molar-refractivity contribution is 0.270. The largest absolute Gasteiger partial charge is 0.394 e. The van der Waals surface area contributed by atoms with Crippen molar-refractivity contribution in [2.45, 2.75) is 19.9 Å². The Labute approximate surface area is 79.0 Å². The summed E-state index contributed by atoms with van der Waals surface area (Å²) in [6.07, 6.45) is 3.60. The van der Waals surface area contributed by atoms with Crippen molar-refractivity contribution in [1.82, 2.24) is 4.98 Å². The zero-order valence-corrected chi connectivity index (χ0v) is 8.36. The van der Waals surface area contributed by atoms with Crippen molar-refractivity contribution in [1.29, 1.82) is 0 Å². The number of rotatable bonds is 3. The van der Waals surface area contributed by atoms with Gasteiger partial charge in [0.05, 0.1) is 6.61 Å². The zero-order valence-electron chi connectivity index (χ0n) is 8.36. The summed E-state index contributed by atoms with van der Waals surface area (Å²) in [5.74, 6) is 0. The monoisotopic (exact) mass is 180 g/mol. The predicted octanol–water partition coefficient (Wildman–Crippen LogP) is 1.21. The highest BCUT2D eigenvalue weighted by molar-refractivity contribution is 5.51. The van der Waals surface area contributed by atoms with Gasteiger partial charge in [0.2, 0.25) is 0 Å². The van der Waals surface area contributed by atoms with Crippen LogP contribution >= 0.6 is 0 Å². The number of aliphatic hydroxyl groups excluding tert-OH is 1. The summed E-state index contributed by atoms with van der Waals surface area (Å²) in [5.41, 5.74) is 2.25. The number of anilines is 1. The maximum absolute atomic E-state index is 9.00. The lowest BCUT2D eigenvalue weighted by Crippen LogP contribution is -2.32. The first-order valence-corrected chi connectivity index (χ1v) is 4.41. The molecule has 0 bridgehead atoms. The van der Waals surface area contributed by atoms with Crippen LogP contribution in [0.15, 0.2) is 18.5 Å². The van der Waals surface area contributed by atoms with Crippen LogP contribution in [0.5, 0.6) is 0 Å². The van der Waals surface area contributed by atoms with E-state index in [1.165, 1.54) is 0 Å². The maximum Gasteiger partial charge on any atom is 0.0632 e. The second-order valence-corrected chi connectivity index (χ2v) is 3.30. The number of hydrogen-bond donors (Lipinski definition) is 1. The van der Waals surface area contributed by atoms with Crippen LogP contribution in [0.2, 0.25) is 0 Å². The van der Waals surface area contributed by atoms with E-state index >= 15 is 0 Å². The van der Waals surface area contributed by atoms with Gasteiger partial charge in [0.25, 0.3) is 0 Å². The van der Waals surface area contributed by atoms with Gasteiger partial charge in [-0.05, 0) is 25.5 Å². The third-order valence-corrected chi connectivity index (χ3v) is 2.30. The smallest absolute Gasteiger partial charge is 0.0632 e. The molecule has 0 aliphatic carbocycles. The van der Waals surface area contributed by atoms with E-state index in [0.29, 0.717) is 0 Å². The number of pyridine rings is 1. The Hall–Kier alpha value is -1.09. The third kappa shape index (κ3) is 2.18. The second kappa shape index (κ2) is 4.23. The summed E-state index contributed by atoms with van der Waals surface area (Å²) in [6.45, 7) is 4.17. The van der Waals surface area contributed by atoms with Gasteiger partial charge in [-0.1, -0.05) is 0 Å². The Morgan fingerprint density at radius 3 is 2.85 bits per heavy atom. The average Bonchev–Trinajstić information content (AvgIpc) is 2.16. The molecule has 0 saturated carbocycles. The molecule has 1 aromatic heterocycles. The van der Waals surface area contributed by atoms with Gasteiger partial charge >= 0.3 is 0 Å². The first-order chi connectivity index (χ1) is 6.16. The molecule has 0 aromatic carbocycles. The van der Waals surface area contributed by atoms with Crippen molar-refractivity contribution in [3.63, 3.8) is 0 Å². The number of hydrogen-bond acceptors (Lipinski definition) is 3. The number of likely N-dealkylation sites (N-methyl/N-ethyl adjacent to an activating group) is 1. The molecule has 1 N–H and O–H groups in total. The van der Waals surface area contributed by atoms with Gasteiger partial charge in [0, 0.05) is 31.2 Å². The van der Waals surface area contributed by atoms with Gasteiger partial charge in [0.1, 0.15) is 0 Å². The number of aryl methyl sites for hydroxylation is 1. The van der Waals surface area contributed by atoms with Crippen molar-refractivity contribution in [3.8, 4) is 0 Å². The fourth-order valence-electron chi connectivity index (χ4n) is 1.22. The molecular weight excluding hydrogens is 164 g/mol. The highest BCUT2D eigenvalue weighted by atomic mass is 16.3. The minimum absolute atomic E-state index is 0.140. The van der Waals surface area contributed by atoms with E-state index in [2.05, 4.69) is 9.88 Å². The molecule has 1 rings (SSSR count). The van der Waals surface area contributed by atoms with Gasteiger partial charge in [0.15, 0.2) is 0 Å². The number of aromatic nitrogens is 1. The molecule has 0 spiro atoms. The Bertz CT molecular complexity index is 275. The molecule has 13 heavy (non-hydrogen) atoms. The van der Waals surface area contributed by atoms with E-state index in [0.717, 1.165) is 11.3 Å². The molecule has 0 radical (unpaired) electrons. The highest BCUT2D eigenvalue weighted by Gasteiger charge is 2.09. The quantitative estimate of drug-likeness (QED) is 0.759. The second-order valence-electron chi connectivity index (χ2n) is 3.30. The van der Waals surface area contributed by atoms with Crippen molar-refractivity contribution >= 4 is 5.69 Å². The van der Waals surface area contributed by atoms with Crippen molar-refractivity contribution in [2.75, 3.05) is 18.6 Å². The fourth-order valence-corrected chi connectivity index (χ4v) is 1.22. The molecule has 1 atom stereocenters. The molecule has 0 saturated heterocycles. The summed E-state index contributed by atoms with van der Waals surface area (Å²) in [6, 6.07) is 2.10. The maximum atomic E-state index is 9.00. The van der Waals surface area contributed by atoms with Crippen LogP contribution in [0, 0.1) is 6.92 Å². The first kappa shape index (κ1) is 9.99. The van der Waals surface area contributed by atoms with Crippen LogP contribution in [0.3, 0.4) is 0 Å². The van der Waals surface area contributed by atoms with Gasteiger partial charge in [-0.25, -0.2) is 0 Å². The summed E-state index contributed by atoms with van der Waals surface area (Å²) >= 11 is 0.